The molecule has 1 saturated carbocycles. The lowest BCUT2D eigenvalue weighted by Crippen LogP contribution is -2.16. The van der Waals surface area contributed by atoms with Crippen molar-refractivity contribution in [1.82, 2.24) is 0 Å². The highest BCUT2D eigenvalue weighted by Gasteiger charge is 2.28. The molecule has 0 radical (unpaired) electrons. The number of nitriles is 1. The number of benzene rings is 1. The van der Waals surface area contributed by atoms with E-state index >= 15 is 0 Å². The molecule has 5 nitrogen and oxygen atoms in total. The highest BCUT2D eigenvalue weighted by molar-refractivity contribution is 7.89. The van der Waals surface area contributed by atoms with Crippen LogP contribution in [0.1, 0.15) is 18.4 Å². The summed E-state index contributed by atoms with van der Waals surface area (Å²) in [7, 11) is -3.94. The third-order valence-electron chi connectivity index (χ3n) is 2.20. The van der Waals surface area contributed by atoms with E-state index in [1.165, 1.54) is 12.1 Å². The predicted molar refractivity (Wildman–Crippen MR) is 56.2 cm³/mol. The maximum atomic E-state index is 11.4. The minimum Gasteiger partial charge on any atom is -0.489 e. The Labute approximate surface area is 93.5 Å². The normalized spacial score (nSPS) is 15.5. The van der Waals surface area contributed by atoms with Crippen LogP contribution in [-0.4, -0.2) is 14.5 Å². The van der Waals surface area contributed by atoms with Crippen molar-refractivity contribution in [3.8, 4) is 11.8 Å². The van der Waals surface area contributed by atoms with Crippen LogP contribution in [0, 0.1) is 11.3 Å². The summed E-state index contributed by atoms with van der Waals surface area (Å²) in [6.45, 7) is 0. The standard InChI is InChI=1S/C10H10N2O3S/c11-6-7-2-1-3-9(15-8-4-5-8)10(7)16(12,13)14/h1-3,8H,4-5H2,(H2,12,13,14). The van der Waals surface area contributed by atoms with Crippen LogP contribution in [0.3, 0.4) is 0 Å². The Morgan fingerprint density at radius 2 is 2.12 bits per heavy atom. The molecular weight excluding hydrogens is 228 g/mol. The van der Waals surface area contributed by atoms with Gasteiger partial charge in [-0.3, -0.25) is 0 Å². The Kier molecular flexibility index (Phi) is 2.58. The molecule has 0 aromatic heterocycles. The van der Waals surface area contributed by atoms with Gasteiger partial charge in [0.25, 0.3) is 0 Å². The van der Waals surface area contributed by atoms with Gasteiger partial charge in [0, 0.05) is 0 Å². The molecule has 1 aromatic rings. The largest absolute Gasteiger partial charge is 0.489 e. The number of hydrogen-bond acceptors (Lipinski definition) is 4. The average molecular weight is 238 g/mol. The van der Waals surface area contributed by atoms with E-state index in [4.69, 9.17) is 15.1 Å². The van der Waals surface area contributed by atoms with E-state index in [0.29, 0.717) is 0 Å². The molecule has 0 spiro atoms. The predicted octanol–water partition coefficient (Wildman–Crippen LogP) is 0.747. The summed E-state index contributed by atoms with van der Waals surface area (Å²) in [6, 6.07) is 6.29. The van der Waals surface area contributed by atoms with Crippen LogP contribution in [0.2, 0.25) is 0 Å². The van der Waals surface area contributed by atoms with E-state index in [1.807, 2.05) is 0 Å². The lowest BCUT2D eigenvalue weighted by molar-refractivity contribution is 0.295. The third-order valence-corrected chi connectivity index (χ3v) is 3.19. The van der Waals surface area contributed by atoms with Gasteiger partial charge >= 0.3 is 0 Å². The van der Waals surface area contributed by atoms with Gasteiger partial charge in [-0.2, -0.15) is 5.26 Å². The maximum Gasteiger partial charge on any atom is 0.243 e. The molecular formula is C10H10N2O3S. The molecule has 0 bridgehead atoms. The molecule has 0 atom stereocenters. The first kappa shape index (κ1) is 10.9. The van der Waals surface area contributed by atoms with E-state index < -0.39 is 10.0 Å². The second kappa shape index (κ2) is 3.77. The van der Waals surface area contributed by atoms with Crippen molar-refractivity contribution >= 4 is 10.0 Å². The molecule has 0 saturated heterocycles. The molecule has 0 aliphatic heterocycles. The van der Waals surface area contributed by atoms with Gasteiger partial charge in [-0.25, -0.2) is 13.6 Å². The Morgan fingerprint density at radius 3 is 2.62 bits per heavy atom. The minimum atomic E-state index is -3.94. The zero-order valence-electron chi connectivity index (χ0n) is 8.38. The topological polar surface area (TPSA) is 93.2 Å². The monoisotopic (exact) mass is 238 g/mol. The lowest BCUT2D eigenvalue weighted by atomic mass is 10.2. The molecule has 2 rings (SSSR count). The van der Waals surface area contributed by atoms with E-state index in [9.17, 15) is 8.42 Å². The van der Waals surface area contributed by atoms with Crippen LogP contribution < -0.4 is 9.88 Å². The summed E-state index contributed by atoms with van der Waals surface area (Å²) in [5, 5.41) is 13.9. The van der Waals surface area contributed by atoms with E-state index in [-0.39, 0.29) is 22.3 Å². The first-order chi connectivity index (χ1) is 7.52. The van der Waals surface area contributed by atoms with Crippen molar-refractivity contribution in [2.75, 3.05) is 0 Å². The summed E-state index contributed by atoms with van der Waals surface area (Å²) in [5.41, 5.74) is 0.0145. The zero-order chi connectivity index (χ0) is 11.8. The molecule has 2 N–H and O–H groups in total. The van der Waals surface area contributed by atoms with Gasteiger partial charge in [-0.05, 0) is 25.0 Å². The van der Waals surface area contributed by atoms with Crippen LogP contribution in [0.15, 0.2) is 23.1 Å². The zero-order valence-corrected chi connectivity index (χ0v) is 9.20. The molecule has 1 fully saturated rings. The lowest BCUT2D eigenvalue weighted by Gasteiger charge is -2.10. The van der Waals surface area contributed by atoms with Crippen molar-refractivity contribution in [3.63, 3.8) is 0 Å². The molecule has 6 heteroatoms. The second-order valence-electron chi connectivity index (χ2n) is 3.61. The van der Waals surface area contributed by atoms with Crippen molar-refractivity contribution in [1.29, 1.82) is 5.26 Å². The molecule has 1 aliphatic rings. The number of rotatable bonds is 3. The number of sulfonamides is 1. The number of ether oxygens (including phenoxy) is 1. The first-order valence-corrected chi connectivity index (χ1v) is 6.29. The van der Waals surface area contributed by atoms with Crippen LogP contribution >= 0.6 is 0 Å². The first-order valence-electron chi connectivity index (χ1n) is 4.75. The van der Waals surface area contributed by atoms with Gasteiger partial charge in [0.2, 0.25) is 10.0 Å². The summed E-state index contributed by atoms with van der Waals surface area (Å²) in [4.78, 5) is -0.218. The van der Waals surface area contributed by atoms with Gasteiger partial charge in [-0.1, -0.05) is 6.07 Å². The summed E-state index contributed by atoms with van der Waals surface area (Å²) in [6.07, 6.45) is 1.86. The van der Waals surface area contributed by atoms with Gasteiger partial charge in [0.15, 0.2) is 0 Å². The van der Waals surface area contributed by atoms with Crippen LogP contribution in [0.25, 0.3) is 0 Å². The number of hydrogen-bond donors (Lipinski definition) is 1. The Balaban J connectivity index is 2.55. The van der Waals surface area contributed by atoms with Crippen LogP contribution in [-0.2, 0) is 10.0 Å². The van der Waals surface area contributed by atoms with Gasteiger partial charge in [0.05, 0.1) is 11.7 Å². The van der Waals surface area contributed by atoms with Crippen molar-refractivity contribution in [3.05, 3.63) is 23.8 Å². The number of nitrogens with two attached hydrogens (primary N) is 1. The highest BCUT2D eigenvalue weighted by Crippen LogP contribution is 2.32. The SMILES string of the molecule is N#Cc1cccc(OC2CC2)c1S(N)(=O)=O. The fourth-order valence-electron chi connectivity index (χ4n) is 1.36. The fraction of sp³-hybridized carbons (Fsp3) is 0.300. The van der Waals surface area contributed by atoms with Crippen molar-refractivity contribution in [2.24, 2.45) is 5.14 Å². The van der Waals surface area contributed by atoms with Crippen LogP contribution in [0.4, 0.5) is 0 Å². The van der Waals surface area contributed by atoms with E-state index in [1.54, 1.807) is 12.1 Å². The maximum absolute atomic E-state index is 11.4. The Bertz CT molecular complexity index is 556. The average Bonchev–Trinajstić information content (AvgIpc) is 2.99. The quantitative estimate of drug-likeness (QED) is 0.840. The molecule has 16 heavy (non-hydrogen) atoms. The Hall–Kier alpha value is -1.58. The number of primary sulfonamides is 1. The highest BCUT2D eigenvalue weighted by atomic mass is 32.2. The van der Waals surface area contributed by atoms with Gasteiger partial charge in [0.1, 0.15) is 16.7 Å². The van der Waals surface area contributed by atoms with Crippen molar-refractivity contribution in [2.45, 2.75) is 23.8 Å². The summed E-state index contributed by atoms with van der Waals surface area (Å²) < 4.78 is 28.2. The minimum absolute atomic E-state index is 0.0145. The van der Waals surface area contributed by atoms with E-state index in [0.717, 1.165) is 12.8 Å². The molecule has 84 valence electrons. The van der Waals surface area contributed by atoms with Gasteiger partial charge < -0.3 is 4.74 Å². The molecule has 0 heterocycles. The fourth-order valence-corrected chi connectivity index (χ4v) is 2.17. The smallest absolute Gasteiger partial charge is 0.243 e. The molecule has 0 unspecified atom stereocenters. The van der Waals surface area contributed by atoms with E-state index in [2.05, 4.69) is 0 Å². The van der Waals surface area contributed by atoms with Gasteiger partial charge in [-0.15, -0.1) is 0 Å². The molecule has 1 aromatic carbocycles. The summed E-state index contributed by atoms with van der Waals surface area (Å²) >= 11 is 0. The van der Waals surface area contributed by atoms with Crippen LogP contribution in [0.5, 0.6) is 5.75 Å². The molecule has 0 amide bonds. The third kappa shape index (κ3) is 2.15. The number of nitrogens with zero attached hydrogens (tertiary/aromatic N) is 1. The summed E-state index contributed by atoms with van der Waals surface area (Å²) in [5.74, 6) is 0.170. The second-order valence-corrected chi connectivity index (χ2v) is 5.11. The Morgan fingerprint density at radius 1 is 1.44 bits per heavy atom. The van der Waals surface area contributed by atoms with Crippen molar-refractivity contribution < 1.29 is 13.2 Å². The molecule has 1 aliphatic carbocycles.